The molecule has 0 aromatic carbocycles. The molecular weight excluding hydrogens is 342 g/mol. The Morgan fingerprint density at radius 2 is 2.38 bits per heavy atom. The number of ether oxygens (including phenoxy) is 1. The van der Waals surface area contributed by atoms with Gasteiger partial charge in [-0.1, -0.05) is 0 Å². The number of halogens is 2. The van der Waals surface area contributed by atoms with Gasteiger partial charge >= 0.3 is 5.97 Å². The number of pyridine rings is 1. The van der Waals surface area contributed by atoms with Crippen LogP contribution in [0.5, 0.6) is 0 Å². The van der Waals surface area contributed by atoms with Crippen molar-refractivity contribution in [2.24, 2.45) is 0 Å². The van der Waals surface area contributed by atoms with Crippen LogP contribution in [0.15, 0.2) is 18.3 Å². The van der Waals surface area contributed by atoms with Crippen LogP contribution in [-0.4, -0.2) is 22.5 Å². The lowest BCUT2D eigenvalue weighted by Crippen LogP contribution is -2.03. The number of esters is 1. The smallest absolute Gasteiger partial charge is 0.339 e. The van der Waals surface area contributed by atoms with Crippen LogP contribution in [0.25, 0.3) is 5.65 Å². The minimum atomic E-state index is -0.362. The highest BCUT2D eigenvalue weighted by molar-refractivity contribution is 14.1. The van der Waals surface area contributed by atoms with Gasteiger partial charge in [0, 0.05) is 6.20 Å². The van der Waals surface area contributed by atoms with Gasteiger partial charge in [-0.25, -0.2) is 9.78 Å². The first-order valence-corrected chi connectivity index (χ1v) is 6.09. The molecule has 0 spiro atoms. The van der Waals surface area contributed by atoms with E-state index in [0.717, 1.165) is 15.0 Å². The van der Waals surface area contributed by atoms with E-state index < -0.39 is 0 Å². The van der Waals surface area contributed by atoms with Crippen LogP contribution in [0.3, 0.4) is 0 Å². The fourth-order valence-corrected chi connectivity index (χ4v) is 2.50. The van der Waals surface area contributed by atoms with Crippen LogP contribution in [0, 0.1) is 3.70 Å². The van der Waals surface area contributed by atoms with Gasteiger partial charge in [0.1, 0.15) is 9.35 Å². The molecule has 6 heteroatoms. The number of fused-ring (bicyclic) bond motifs is 1. The average molecular weight is 351 g/mol. The summed E-state index contributed by atoms with van der Waals surface area (Å²) in [5, 5.41) is 0. The first-order valence-electron chi connectivity index (χ1n) is 4.48. The van der Waals surface area contributed by atoms with Crippen LogP contribution < -0.4 is 0 Å². The van der Waals surface area contributed by atoms with E-state index >= 15 is 0 Å². The van der Waals surface area contributed by atoms with Crippen molar-refractivity contribution in [3.63, 3.8) is 0 Å². The van der Waals surface area contributed by atoms with Gasteiger partial charge in [-0.05, 0) is 34.7 Å². The monoisotopic (exact) mass is 350 g/mol. The van der Waals surface area contributed by atoms with Gasteiger partial charge in [-0.3, -0.25) is 4.40 Å². The second kappa shape index (κ2) is 4.58. The number of nitrogens with zero attached hydrogens (tertiary/aromatic N) is 2. The molecule has 0 unspecified atom stereocenters. The molecule has 0 N–H and O–H groups in total. The fraction of sp³-hybridized carbons (Fsp3) is 0.200. The minimum absolute atomic E-state index is 0.355. The normalized spacial score (nSPS) is 10.7. The highest BCUT2D eigenvalue weighted by Crippen LogP contribution is 2.17. The van der Waals surface area contributed by atoms with E-state index in [1.165, 1.54) is 7.11 Å². The van der Waals surface area contributed by atoms with Crippen molar-refractivity contribution >= 4 is 45.8 Å². The van der Waals surface area contributed by atoms with Gasteiger partial charge < -0.3 is 4.74 Å². The second-order valence-corrected chi connectivity index (χ2v) is 4.41. The van der Waals surface area contributed by atoms with E-state index in [1.807, 2.05) is 4.40 Å². The third-order valence-corrected chi connectivity index (χ3v) is 3.57. The van der Waals surface area contributed by atoms with Gasteiger partial charge in [0.25, 0.3) is 0 Å². The lowest BCUT2D eigenvalue weighted by Gasteiger charge is -2.00. The zero-order valence-corrected chi connectivity index (χ0v) is 11.3. The van der Waals surface area contributed by atoms with E-state index in [1.54, 1.807) is 18.3 Å². The largest absolute Gasteiger partial charge is 0.465 e. The zero-order valence-electron chi connectivity index (χ0n) is 8.41. The van der Waals surface area contributed by atoms with Crippen LogP contribution in [-0.2, 0) is 10.6 Å². The van der Waals surface area contributed by atoms with E-state index in [9.17, 15) is 4.79 Å². The highest BCUT2D eigenvalue weighted by Gasteiger charge is 2.11. The van der Waals surface area contributed by atoms with Crippen LogP contribution >= 0.6 is 34.2 Å². The third kappa shape index (κ3) is 1.89. The Morgan fingerprint density at radius 3 is 3.00 bits per heavy atom. The zero-order chi connectivity index (χ0) is 11.7. The molecule has 0 atom stereocenters. The van der Waals surface area contributed by atoms with Crippen LogP contribution in [0.4, 0.5) is 0 Å². The second-order valence-electron chi connectivity index (χ2n) is 3.12. The minimum Gasteiger partial charge on any atom is -0.465 e. The number of carbonyl (C=O) groups is 1. The van der Waals surface area contributed by atoms with Crippen molar-refractivity contribution < 1.29 is 9.53 Å². The van der Waals surface area contributed by atoms with Gasteiger partial charge in [0.15, 0.2) is 0 Å². The summed E-state index contributed by atoms with van der Waals surface area (Å²) < 4.78 is 7.39. The SMILES string of the molecule is COC(=O)c1ccc2nc(CCl)c(I)n2c1. The molecule has 2 aromatic rings. The molecule has 0 aliphatic carbocycles. The Balaban J connectivity index is 2.61. The molecule has 0 radical (unpaired) electrons. The fourth-order valence-electron chi connectivity index (χ4n) is 1.39. The highest BCUT2D eigenvalue weighted by atomic mass is 127. The maximum absolute atomic E-state index is 11.4. The standard InChI is InChI=1S/C10H8ClIN2O2/c1-16-10(15)6-2-3-8-13-7(4-11)9(12)14(8)5-6/h2-3,5H,4H2,1H3. The molecule has 84 valence electrons. The molecule has 0 aliphatic rings. The summed E-state index contributed by atoms with van der Waals surface area (Å²) in [5.41, 5.74) is 2.07. The van der Waals surface area contributed by atoms with Gasteiger partial charge in [-0.15, -0.1) is 11.6 Å². The van der Waals surface area contributed by atoms with E-state index in [2.05, 4.69) is 32.3 Å². The van der Waals surface area contributed by atoms with Crippen molar-refractivity contribution in [2.75, 3.05) is 7.11 Å². The summed E-state index contributed by atoms with van der Waals surface area (Å²) in [7, 11) is 1.36. The molecule has 0 saturated heterocycles. The molecule has 2 rings (SSSR count). The van der Waals surface area contributed by atoms with Crippen molar-refractivity contribution in [1.82, 2.24) is 9.38 Å². The molecule has 2 aromatic heterocycles. The van der Waals surface area contributed by atoms with E-state index in [0.29, 0.717) is 11.4 Å². The van der Waals surface area contributed by atoms with Gasteiger partial charge in [-0.2, -0.15) is 0 Å². The summed E-state index contributed by atoms with van der Waals surface area (Å²) in [6.07, 6.45) is 1.70. The molecular formula is C10H8ClIN2O2. The number of methoxy groups -OCH3 is 1. The summed E-state index contributed by atoms with van der Waals surface area (Å²) >= 11 is 7.91. The topological polar surface area (TPSA) is 43.6 Å². The summed E-state index contributed by atoms with van der Waals surface area (Å²) in [4.78, 5) is 15.7. The lowest BCUT2D eigenvalue weighted by atomic mass is 10.3. The van der Waals surface area contributed by atoms with Gasteiger partial charge in [0.2, 0.25) is 0 Å². The molecule has 0 bridgehead atoms. The molecule has 4 nitrogen and oxygen atoms in total. The number of rotatable bonds is 2. The number of hydrogen-bond acceptors (Lipinski definition) is 3. The molecule has 16 heavy (non-hydrogen) atoms. The van der Waals surface area contributed by atoms with Crippen LogP contribution in [0.1, 0.15) is 16.1 Å². The summed E-state index contributed by atoms with van der Waals surface area (Å²) in [5.74, 6) is -0.00753. The summed E-state index contributed by atoms with van der Waals surface area (Å²) in [6, 6.07) is 3.45. The lowest BCUT2D eigenvalue weighted by molar-refractivity contribution is 0.0600. The first kappa shape index (κ1) is 11.7. The third-order valence-electron chi connectivity index (χ3n) is 2.17. The van der Waals surface area contributed by atoms with Crippen LogP contribution in [0.2, 0.25) is 0 Å². The average Bonchev–Trinajstić information content (AvgIpc) is 2.64. The number of aromatic nitrogens is 2. The Morgan fingerprint density at radius 1 is 1.62 bits per heavy atom. The predicted octanol–water partition coefficient (Wildman–Crippen LogP) is 2.46. The molecule has 0 fully saturated rings. The maximum Gasteiger partial charge on any atom is 0.339 e. The quantitative estimate of drug-likeness (QED) is 0.475. The Kier molecular flexibility index (Phi) is 3.34. The molecule has 0 saturated carbocycles. The van der Waals surface area contributed by atoms with Crippen molar-refractivity contribution in [3.05, 3.63) is 33.3 Å². The van der Waals surface area contributed by atoms with E-state index in [4.69, 9.17) is 11.6 Å². The number of hydrogen-bond donors (Lipinski definition) is 0. The Labute approximate surface area is 111 Å². The molecule has 2 heterocycles. The number of carbonyl (C=O) groups excluding carboxylic acids is 1. The van der Waals surface area contributed by atoms with Crippen molar-refractivity contribution in [2.45, 2.75) is 5.88 Å². The first-order chi connectivity index (χ1) is 7.67. The summed E-state index contributed by atoms with van der Waals surface area (Å²) in [6.45, 7) is 0. The van der Waals surface area contributed by atoms with Crippen molar-refractivity contribution in [1.29, 1.82) is 0 Å². The Hall–Kier alpha value is -0.820. The number of imidazole rings is 1. The predicted molar refractivity (Wildman–Crippen MR) is 68.8 cm³/mol. The molecule has 0 aliphatic heterocycles. The maximum atomic E-state index is 11.4. The van der Waals surface area contributed by atoms with Gasteiger partial charge in [0.05, 0.1) is 24.2 Å². The van der Waals surface area contributed by atoms with E-state index in [-0.39, 0.29) is 5.97 Å². The van der Waals surface area contributed by atoms with Crippen molar-refractivity contribution in [3.8, 4) is 0 Å². The Bertz CT molecular complexity index is 553. The molecule has 0 amide bonds. The number of alkyl halides is 1.